The van der Waals surface area contributed by atoms with Crippen molar-refractivity contribution in [2.24, 2.45) is 0 Å². The van der Waals surface area contributed by atoms with Crippen molar-refractivity contribution in [1.82, 2.24) is 5.32 Å². The van der Waals surface area contributed by atoms with E-state index in [0.29, 0.717) is 0 Å². The lowest BCUT2D eigenvalue weighted by molar-refractivity contribution is -0.0110. The van der Waals surface area contributed by atoms with Crippen LogP contribution >= 0.6 is 11.6 Å². The zero-order valence-corrected chi connectivity index (χ0v) is 12.3. The summed E-state index contributed by atoms with van der Waals surface area (Å²) in [5.74, 6) is -0.367. The van der Waals surface area contributed by atoms with Gasteiger partial charge in [0.1, 0.15) is 5.82 Å². The molecule has 2 rings (SSSR count). The molecule has 1 aromatic carbocycles. The van der Waals surface area contributed by atoms with Gasteiger partial charge in [0, 0.05) is 12.6 Å². The average Bonchev–Trinajstić information content (AvgIpc) is 2.81. The molecule has 4 heteroatoms. The van der Waals surface area contributed by atoms with Gasteiger partial charge in [-0.3, -0.25) is 0 Å². The molecule has 19 heavy (non-hydrogen) atoms. The molecule has 2 nitrogen and oxygen atoms in total. The summed E-state index contributed by atoms with van der Waals surface area (Å²) in [5.41, 5.74) is 0.894. The molecule has 106 valence electrons. The molecule has 0 saturated carbocycles. The van der Waals surface area contributed by atoms with Gasteiger partial charge in [0.15, 0.2) is 0 Å². The van der Waals surface area contributed by atoms with Crippen molar-refractivity contribution in [3.8, 4) is 0 Å². The van der Waals surface area contributed by atoms with E-state index in [-0.39, 0.29) is 22.5 Å². The number of rotatable bonds is 5. The Hall–Kier alpha value is -0.640. The predicted molar refractivity (Wildman–Crippen MR) is 76.2 cm³/mol. The van der Waals surface area contributed by atoms with Crippen LogP contribution in [0.15, 0.2) is 18.2 Å². The molecule has 1 saturated heterocycles. The Morgan fingerprint density at radius 2 is 2.32 bits per heavy atom. The van der Waals surface area contributed by atoms with Crippen molar-refractivity contribution in [3.05, 3.63) is 34.6 Å². The third kappa shape index (κ3) is 3.47. The van der Waals surface area contributed by atoms with Crippen molar-refractivity contribution in [3.63, 3.8) is 0 Å². The van der Waals surface area contributed by atoms with Crippen molar-refractivity contribution in [1.29, 1.82) is 0 Å². The quantitative estimate of drug-likeness (QED) is 0.893. The van der Waals surface area contributed by atoms with Crippen LogP contribution in [-0.2, 0) is 11.2 Å². The summed E-state index contributed by atoms with van der Waals surface area (Å²) in [7, 11) is 0. The third-order valence-corrected chi connectivity index (χ3v) is 4.15. The van der Waals surface area contributed by atoms with E-state index < -0.39 is 0 Å². The first-order valence-corrected chi connectivity index (χ1v) is 7.24. The predicted octanol–water partition coefficient (Wildman–Crippen LogP) is 3.57. The zero-order chi connectivity index (χ0) is 13.9. The summed E-state index contributed by atoms with van der Waals surface area (Å²) < 4.78 is 19.1. The molecule has 1 aliphatic rings. The lowest BCUT2D eigenvalue weighted by atomic mass is 9.88. The molecule has 2 atom stereocenters. The van der Waals surface area contributed by atoms with E-state index in [1.54, 1.807) is 12.1 Å². The maximum Gasteiger partial charge on any atom is 0.141 e. The maximum atomic E-state index is 13.2. The summed E-state index contributed by atoms with van der Waals surface area (Å²) in [6.45, 7) is 5.95. The first kappa shape index (κ1) is 14.8. The maximum absolute atomic E-state index is 13.2. The lowest BCUT2D eigenvalue weighted by Crippen LogP contribution is -2.49. The van der Waals surface area contributed by atoms with Gasteiger partial charge in [0.25, 0.3) is 0 Å². The van der Waals surface area contributed by atoms with E-state index in [0.717, 1.165) is 38.0 Å². The molecule has 1 aliphatic heterocycles. The second-order valence-corrected chi connectivity index (χ2v) is 5.73. The van der Waals surface area contributed by atoms with Crippen molar-refractivity contribution in [2.75, 3.05) is 13.2 Å². The van der Waals surface area contributed by atoms with Gasteiger partial charge in [0.05, 0.1) is 10.6 Å². The largest absolute Gasteiger partial charge is 0.374 e. The monoisotopic (exact) mass is 285 g/mol. The fourth-order valence-corrected chi connectivity index (χ4v) is 2.93. The van der Waals surface area contributed by atoms with E-state index in [1.165, 1.54) is 6.07 Å². The Kier molecular flexibility index (Phi) is 4.82. The van der Waals surface area contributed by atoms with Crippen LogP contribution in [0.3, 0.4) is 0 Å². The standard InChI is InChI=1S/C15H21ClFNO/c1-3-18-14(15(2)7-4-8-19-15)10-11-5-6-13(17)12(16)9-11/h5-6,9,14,18H,3-4,7-8,10H2,1-2H3. The lowest BCUT2D eigenvalue weighted by Gasteiger charge is -2.34. The second kappa shape index (κ2) is 6.21. The first-order chi connectivity index (χ1) is 9.05. The summed E-state index contributed by atoms with van der Waals surface area (Å²) in [6.07, 6.45) is 2.95. The number of halogens is 2. The minimum Gasteiger partial charge on any atom is -0.374 e. The van der Waals surface area contributed by atoms with Gasteiger partial charge in [0.2, 0.25) is 0 Å². The van der Waals surface area contributed by atoms with Crippen LogP contribution in [-0.4, -0.2) is 24.8 Å². The summed E-state index contributed by atoms with van der Waals surface area (Å²) >= 11 is 5.84. The van der Waals surface area contributed by atoms with E-state index in [9.17, 15) is 4.39 Å². The topological polar surface area (TPSA) is 21.3 Å². The highest BCUT2D eigenvalue weighted by molar-refractivity contribution is 6.30. The molecule has 0 aliphatic carbocycles. The normalized spacial score (nSPS) is 24.6. The number of likely N-dealkylation sites (N-methyl/N-ethyl adjacent to an activating group) is 1. The smallest absolute Gasteiger partial charge is 0.141 e. The van der Waals surface area contributed by atoms with Gasteiger partial charge in [-0.05, 0) is 50.4 Å². The van der Waals surface area contributed by atoms with Gasteiger partial charge in [-0.15, -0.1) is 0 Å². The molecule has 2 unspecified atom stereocenters. The van der Waals surface area contributed by atoms with Crippen LogP contribution in [0.4, 0.5) is 4.39 Å². The minimum absolute atomic E-state index is 0.142. The average molecular weight is 286 g/mol. The van der Waals surface area contributed by atoms with Gasteiger partial charge in [-0.25, -0.2) is 4.39 Å². The van der Waals surface area contributed by atoms with Crippen LogP contribution in [0.5, 0.6) is 0 Å². The molecular weight excluding hydrogens is 265 g/mol. The Morgan fingerprint density at radius 3 is 2.89 bits per heavy atom. The van der Waals surface area contributed by atoms with Crippen molar-refractivity contribution < 1.29 is 9.13 Å². The second-order valence-electron chi connectivity index (χ2n) is 5.33. The Bertz CT molecular complexity index is 432. The Morgan fingerprint density at radius 1 is 1.53 bits per heavy atom. The van der Waals surface area contributed by atoms with E-state index in [4.69, 9.17) is 16.3 Å². The highest BCUT2D eigenvalue weighted by Gasteiger charge is 2.37. The fourth-order valence-electron chi connectivity index (χ4n) is 2.73. The number of nitrogens with one attached hydrogen (secondary N) is 1. The molecule has 0 spiro atoms. The van der Waals surface area contributed by atoms with Crippen LogP contribution in [0.25, 0.3) is 0 Å². The number of hydrogen-bond acceptors (Lipinski definition) is 2. The minimum atomic E-state index is -0.367. The molecule has 0 aromatic heterocycles. The SMILES string of the molecule is CCNC(Cc1ccc(F)c(Cl)c1)C1(C)CCCO1. The molecular formula is C15H21ClFNO. The summed E-state index contributed by atoms with van der Waals surface area (Å²) in [6, 6.07) is 5.16. The molecule has 1 aromatic rings. The van der Waals surface area contributed by atoms with Gasteiger partial charge in [-0.1, -0.05) is 24.6 Å². The van der Waals surface area contributed by atoms with Crippen LogP contribution in [0.2, 0.25) is 5.02 Å². The van der Waals surface area contributed by atoms with E-state index >= 15 is 0 Å². The van der Waals surface area contributed by atoms with Crippen molar-refractivity contribution in [2.45, 2.75) is 44.8 Å². The molecule has 1 heterocycles. The van der Waals surface area contributed by atoms with Gasteiger partial charge in [-0.2, -0.15) is 0 Å². The summed E-state index contributed by atoms with van der Waals surface area (Å²) in [4.78, 5) is 0. The molecule has 0 amide bonds. The van der Waals surface area contributed by atoms with E-state index in [1.807, 2.05) is 0 Å². The number of benzene rings is 1. The molecule has 0 radical (unpaired) electrons. The molecule has 1 N–H and O–H groups in total. The molecule has 1 fully saturated rings. The highest BCUT2D eigenvalue weighted by Crippen LogP contribution is 2.31. The van der Waals surface area contributed by atoms with Gasteiger partial charge >= 0.3 is 0 Å². The Labute approximate surface area is 119 Å². The van der Waals surface area contributed by atoms with Crippen LogP contribution < -0.4 is 5.32 Å². The number of ether oxygens (including phenoxy) is 1. The third-order valence-electron chi connectivity index (χ3n) is 3.86. The Balaban J connectivity index is 2.13. The van der Waals surface area contributed by atoms with Crippen LogP contribution in [0.1, 0.15) is 32.3 Å². The molecule has 0 bridgehead atoms. The van der Waals surface area contributed by atoms with E-state index in [2.05, 4.69) is 19.2 Å². The fraction of sp³-hybridized carbons (Fsp3) is 0.600. The zero-order valence-electron chi connectivity index (χ0n) is 11.5. The number of hydrogen-bond donors (Lipinski definition) is 1. The van der Waals surface area contributed by atoms with Gasteiger partial charge < -0.3 is 10.1 Å². The highest BCUT2D eigenvalue weighted by atomic mass is 35.5. The summed E-state index contributed by atoms with van der Waals surface area (Å²) in [5, 5.41) is 3.67. The first-order valence-electron chi connectivity index (χ1n) is 6.86. The van der Waals surface area contributed by atoms with Crippen molar-refractivity contribution >= 4 is 11.6 Å². The van der Waals surface area contributed by atoms with Crippen LogP contribution in [0, 0.1) is 5.82 Å².